The zero-order valence-corrected chi connectivity index (χ0v) is 14.7. The maximum absolute atomic E-state index is 12.9. The van der Waals surface area contributed by atoms with Crippen LogP contribution in [0.3, 0.4) is 0 Å². The van der Waals surface area contributed by atoms with E-state index in [2.05, 4.69) is 4.99 Å². The van der Waals surface area contributed by atoms with Gasteiger partial charge in [0.1, 0.15) is 17.6 Å². The average Bonchev–Trinajstić information content (AvgIpc) is 2.87. The van der Waals surface area contributed by atoms with Crippen LogP contribution in [0, 0.1) is 5.92 Å². The normalized spacial score (nSPS) is 17.5. The molecule has 1 heterocycles. The minimum absolute atomic E-state index is 0.0161. The predicted molar refractivity (Wildman–Crippen MR) is 97.2 cm³/mol. The number of amidine groups is 1. The summed E-state index contributed by atoms with van der Waals surface area (Å²) in [4.78, 5) is 18.9. The van der Waals surface area contributed by atoms with E-state index in [1.807, 2.05) is 13.8 Å². The van der Waals surface area contributed by atoms with Crippen LogP contribution in [-0.2, 0) is 4.79 Å². The Balaban J connectivity index is 2.16. The van der Waals surface area contributed by atoms with Crippen molar-refractivity contribution in [2.75, 3.05) is 4.90 Å². The molecule has 124 valence electrons. The van der Waals surface area contributed by atoms with E-state index in [1.165, 1.54) is 11.0 Å². The van der Waals surface area contributed by atoms with Crippen molar-refractivity contribution in [3.05, 3.63) is 58.1 Å². The molecule has 0 fully saturated rings. The number of nitrogens with zero attached hydrogens (tertiary/aromatic N) is 2. The minimum atomic E-state index is -0.516. The first-order valence-corrected chi connectivity index (χ1v) is 8.30. The number of hydrogen-bond acceptors (Lipinski definition) is 3. The average molecular weight is 363 g/mol. The highest BCUT2D eigenvalue weighted by Gasteiger charge is 2.38. The van der Waals surface area contributed by atoms with Gasteiger partial charge in [-0.3, -0.25) is 14.7 Å². The first-order valence-electron chi connectivity index (χ1n) is 7.54. The number of phenolic OH excluding ortho intramolecular Hbond substituents is 1. The summed E-state index contributed by atoms with van der Waals surface area (Å²) >= 11 is 12.1. The maximum Gasteiger partial charge on any atom is 0.257 e. The van der Waals surface area contributed by atoms with Crippen LogP contribution in [0.15, 0.2) is 47.5 Å². The molecule has 6 heteroatoms. The number of amides is 1. The van der Waals surface area contributed by atoms with Gasteiger partial charge >= 0.3 is 0 Å². The number of phenols is 1. The topological polar surface area (TPSA) is 52.9 Å². The van der Waals surface area contributed by atoms with Gasteiger partial charge in [0.15, 0.2) is 0 Å². The van der Waals surface area contributed by atoms with Crippen molar-refractivity contribution in [2.24, 2.45) is 10.9 Å². The molecule has 1 amide bonds. The predicted octanol–water partition coefficient (Wildman–Crippen LogP) is 4.52. The van der Waals surface area contributed by atoms with Crippen LogP contribution in [0.4, 0.5) is 5.69 Å². The smallest absolute Gasteiger partial charge is 0.257 e. The van der Waals surface area contributed by atoms with E-state index in [1.54, 1.807) is 36.4 Å². The molecule has 4 nitrogen and oxygen atoms in total. The van der Waals surface area contributed by atoms with Crippen molar-refractivity contribution >= 4 is 40.6 Å². The van der Waals surface area contributed by atoms with Gasteiger partial charge < -0.3 is 5.11 Å². The number of carbonyl (C=O) groups excluding carboxylic acids is 1. The van der Waals surface area contributed by atoms with Gasteiger partial charge in [0, 0.05) is 10.0 Å². The van der Waals surface area contributed by atoms with Crippen molar-refractivity contribution in [3.8, 4) is 5.75 Å². The molecule has 1 unspecified atom stereocenters. The lowest BCUT2D eigenvalue weighted by atomic mass is 10.0. The van der Waals surface area contributed by atoms with Gasteiger partial charge in [-0.25, -0.2) is 0 Å². The molecule has 2 aromatic carbocycles. The lowest BCUT2D eigenvalue weighted by molar-refractivity contribution is -0.118. The molecule has 0 aromatic heterocycles. The molecule has 0 saturated heterocycles. The van der Waals surface area contributed by atoms with Crippen LogP contribution in [0.5, 0.6) is 5.75 Å². The van der Waals surface area contributed by atoms with E-state index in [9.17, 15) is 9.90 Å². The first kappa shape index (κ1) is 16.8. The number of aromatic hydroxyl groups is 1. The summed E-state index contributed by atoms with van der Waals surface area (Å²) in [5.41, 5.74) is 1.02. The first-order chi connectivity index (χ1) is 11.4. The standard InChI is InChI=1S/C18H16Cl2N2O2/c1-10(2)16-18(24)22(13-5-3-4-11(19)8-13)17(21-16)14-9-12(20)6-7-15(14)23/h3-10,16,23H,1-2H3. The SMILES string of the molecule is CC(C)C1N=C(c2cc(Cl)ccc2O)N(c2cccc(Cl)c2)C1=O. The number of benzene rings is 2. The van der Waals surface area contributed by atoms with Crippen LogP contribution in [-0.4, -0.2) is 22.9 Å². The van der Waals surface area contributed by atoms with Gasteiger partial charge in [-0.15, -0.1) is 0 Å². The van der Waals surface area contributed by atoms with Crippen LogP contribution < -0.4 is 4.90 Å². The molecule has 24 heavy (non-hydrogen) atoms. The summed E-state index contributed by atoms with van der Waals surface area (Å²) in [6.45, 7) is 3.87. The van der Waals surface area contributed by atoms with Crippen LogP contribution in [0.2, 0.25) is 10.0 Å². The van der Waals surface area contributed by atoms with Crippen molar-refractivity contribution in [1.82, 2.24) is 0 Å². The van der Waals surface area contributed by atoms with E-state index >= 15 is 0 Å². The van der Waals surface area contributed by atoms with Crippen molar-refractivity contribution < 1.29 is 9.90 Å². The Labute approximate surface area is 150 Å². The highest BCUT2D eigenvalue weighted by atomic mass is 35.5. The highest BCUT2D eigenvalue weighted by Crippen LogP contribution is 2.32. The Hall–Kier alpha value is -2.04. The van der Waals surface area contributed by atoms with Crippen molar-refractivity contribution in [2.45, 2.75) is 19.9 Å². The molecule has 0 radical (unpaired) electrons. The molecular weight excluding hydrogens is 347 g/mol. The van der Waals surface area contributed by atoms with Crippen molar-refractivity contribution in [1.29, 1.82) is 0 Å². The van der Waals surface area contributed by atoms with E-state index < -0.39 is 6.04 Å². The molecule has 1 aliphatic heterocycles. The minimum Gasteiger partial charge on any atom is -0.507 e. The fourth-order valence-corrected chi connectivity index (χ4v) is 3.01. The van der Waals surface area contributed by atoms with E-state index in [0.29, 0.717) is 27.1 Å². The fraction of sp³-hybridized carbons (Fsp3) is 0.222. The molecule has 0 spiro atoms. The highest BCUT2D eigenvalue weighted by molar-refractivity contribution is 6.34. The zero-order chi connectivity index (χ0) is 17.4. The van der Waals surface area contributed by atoms with Gasteiger partial charge in [0.25, 0.3) is 5.91 Å². The summed E-state index contributed by atoms with van der Waals surface area (Å²) in [6.07, 6.45) is 0. The summed E-state index contributed by atoms with van der Waals surface area (Å²) < 4.78 is 0. The van der Waals surface area contributed by atoms with Gasteiger partial charge in [-0.2, -0.15) is 0 Å². The van der Waals surface area contributed by atoms with E-state index in [4.69, 9.17) is 23.2 Å². The number of carbonyl (C=O) groups is 1. The van der Waals surface area contributed by atoms with Crippen molar-refractivity contribution in [3.63, 3.8) is 0 Å². The van der Waals surface area contributed by atoms with Crippen LogP contribution in [0.1, 0.15) is 19.4 Å². The van der Waals surface area contributed by atoms with Crippen LogP contribution >= 0.6 is 23.2 Å². The summed E-state index contributed by atoms with van der Waals surface area (Å²) in [7, 11) is 0. The molecule has 0 saturated carbocycles. The fourth-order valence-electron chi connectivity index (χ4n) is 2.66. The molecule has 3 rings (SSSR count). The van der Waals surface area contributed by atoms with E-state index in [0.717, 1.165) is 0 Å². The Bertz CT molecular complexity index is 834. The third kappa shape index (κ3) is 2.99. The largest absolute Gasteiger partial charge is 0.507 e. The molecule has 1 atom stereocenters. The molecule has 0 aliphatic carbocycles. The molecule has 1 N–H and O–H groups in total. The third-order valence-corrected chi connectivity index (χ3v) is 4.31. The van der Waals surface area contributed by atoms with Gasteiger partial charge in [-0.1, -0.05) is 43.1 Å². The number of halogens is 2. The molecule has 2 aromatic rings. The summed E-state index contributed by atoms with van der Waals surface area (Å²) in [5.74, 6) is 0.267. The lowest BCUT2D eigenvalue weighted by Crippen LogP contribution is -2.37. The summed E-state index contributed by atoms with van der Waals surface area (Å²) in [6, 6.07) is 11.1. The van der Waals surface area contributed by atoms with Crippen LogP contribution in [0.25, 0.3) is 0 Å². The third-order valence-electron chi connectivity index (χ3n) is 3.84. The maximum atomic E-state index is 12.9. The monoisotopic (exact) mass is 362 g/mol. The second-order valence-electron chi connectivity index (χ2n) is 5.96. The number of anilines is 1. The molecule has 0 bridgehead atoms. The second-order valence-corrected chi connectivity index (χ2v) is 6.83. The molecule has 1 aliphatic rings. The second kappa shape index (κ2) is 6.46. The zero-order valence-electron chi connectivity index (χ0n) is 13.2. The molecular formula is C18H16Cl2N2O2. The Kier molecular flexibility index (Phi) is 4.52. The Morgan fingerprint density at radius 2 is 1.83 bits per heavy atom. The Morgan fingerprint density at radius 1 is 1.12 bits per heavy atom. The summed E-state index contributed by atoms with van der Waals surface area (Å²) in [5, 5.41) is 11.2. The lowest BCUT2D eigenvalue weighted by Gasteiger charge is -2.21. The quantitative estimate of drug-likeness (QED) is 0.872. The van der Waals surface area contributed by atoms with Gasteiger partial charge in [0.2, 0.25) is 0 Å². The van der Waals surface area contributed by atoms with Gasteiger partial charge in [0.05, 0.1) is 11.3 Å². The Morgan fingerprint density at radius 3 is 2.50 bits per heavy atom. The number of hydrogen-bond donors (Lipinski definition) is 1. The number of rotatable bonds is 3. The van der Waals surface area contributed by atoms with Gasteiger partial charge in [-0.05, 0) is 42.3 Å². The van der Waals surface area contributed by atoms with E-state index in [-0.39, 0.29) is 17.6 Å². The number of aliphatic imine (C=N–C) groups is 1.